The summed E-state index contributed by atoms with van der Waals surface area (Å²) in [6.07, 6.45) is -3.12. The summed E-state index contributed by atoms with van der Waals surface area (Å²) < 4.78 is 11.8. The van der Waals surface area contributed by atoms with Crippen molar-refractivity contribution in [3.05, 3.63) is 44.1 Å². The van der Waals surface area contributed by atoms with Crippen molar-refractivity contribution in [1.82, 2.24) is 19.5 Å². The van der Waals surface area contributed by atoms with Gasteiger partial charge in [-0.25, -0.2) is 9.78 Å². The van der Waals surface area contributed by atoms with E-state index in [1.165, 1.54) is 4.57 Å². The van der Waals surface area contributed by atoms with E-state index in [0.29, 0.717) is 11.0 Å². The second-order valence-electron chi connectivity index (χ2n) is 6.94. The molecule has 3 atom stereocenters. The van der Waals surface area contributed by atoms with Crippen molar-refractivity contribution >= 4 is 11.0 Å². The molecule has 0 amide bonds. The molecule has 1 fully saturated rings. The number of aryl methyl sites for hydroxylation is 2. The molecule has 0 saturated carbocycles. The van der Waals surface area contributed by atoms with E-state index < -0.39 is 29.6 Å². The molecule has 0 spiro atoms. The Hall–Kier alpha value is -2.66. The minimum absolute atomic E-state index is 0.0162. The van der Waals surface area contributed by atoms with Crippen molar-refractivity contribution in [2.75, 3.05) is 13.4 Å². The Kier molecular flexibility index (Phi) is 4.71. The van der Waals surface area contributed by atoms with E-state index in [-0.39, 0.29) is 31.5 Å². The number of aliphatic hydroxyl groups is 2. The lowest BCUT2D eigenvalue weighted by molar-refractivity contribution is -0.0710. The molecule has 0 unspecified atom stereocenters. The van der Waals surface area contributed by atoms with Crippen LogP contribution in [0.1, 0.15) is 11.1 Å². The molecule has 0 radical (unpaired) electrons. The fraction of sp³-hybridized carbons (Fsp3) is 0.444. The average molecular weight is 388 g/mol. The highest BCUT2D eigenvalue weighted by Crippen LogP contribution is 2.25. The maximum absolute atomic E-state index is 12.3. The van der Waals surface area contributed by atoms with Crippen LogP contribution in [0.25, 0.3) is 22.6 Å². The first-order chi connectivity index (χ1) is 13.3. The Morgan fingerprint density at radius 1 is 1.25 bits per heavy atom. The van der Waals surface area contributed by atoms with Gasteiger partial charge in [0.05, 0.1) is 24.2 Å². The molecule has 10 nitrogen and oxygen atoms in total. The lowest BCUT2D eigenvalue weighted by Crippen LogP contribution is -2.41. The molecule has 1 aromatic carbocycles. The normalized spacial score (nSPS) is 19.4. The zero-order valence-corrected chi connectivity index (χ0v) is 15.4. The van der Waals surface area contributed by atoms with Crippen LogP contribution in [0.3, 0.4) is 0 Å². The van der Waals surface area contributed by atoms with Crippen LogP contribution in [-0.2, 0) is 16.0 Å². The number of aliphatic hydroxyl groups excluding tert-OH is 2. The number of aromatic nitrogens is 4. The number of rotatable bonds is 4. The first-order valence-electron chi connectivity index (χ1n) is 8.82. The van der Waals surface area contributed by atoms with Gasteiger partial charge in [-0.3, -0.25) is 9.78 Å². The molecule has 0 aliphatic carbocycles. The predicted molar refractivity (Wildman–Crippen MR) is 98.2 cm³/mol. The molecule has 3 aliphatic rings. The van der Waals surface area contributed by atoms with Crippen LogP contribution in [0.5, 0.6) is 0 Å². The maximum atomic E-state index is 12.3. The Labute approximate surface area is 158 Å². The molecular weight excluding hydrogens is 368 g/mol. The molecule has 148 valence electrons. The van der Waals surface area contributed by atoms with E-state index in [2.05, 4.69) is 15.0 Å². The molecule has 3 aliphatic heterocycles. The van der Waals surface area contributed by atoms with Gasteiger partial charge in [0, 0.05) is 0 Å². The van der Waals surface area contributed by atoms with Crippen LogP contribution in [0.15, 0.2) is 21.7 Å². The third kappa shape index (κ3) is 3.20. The third-order valence-corrected chi connectivity index (χ3v) is 5.02. The van der Waals surface area contributed by atoms with E-state index >= 15 is 0 Å². The van der Waals surface area contributed by atoms with E-state index in [9.17, 15) is 19.8 Å². The number of benzene rings is 1. The summed E-state index contributed by atoms with van der Waals surface area (Å²) in [5.41, 5.74) is 1.57. The number of nitrogens with one attached hydrogen (secondary N) is 1. The van der Waals surface area contributed by atoms with Gasteiger partial charge in [0.25, 0.3) is 5.56 Å². The topological polar surface area (TPSA) is 140 Å². The second kappa shape index (κ2) is 7.06. The lowest BCUT2D eigenvalue weighted by atomic mass is 10.1. The quantitative estimate of drug-likeness (QED) is 0.499. The van der Waals surface area contributed by atoms with Gasteiger partial charge in [-0.2, -0.15) is 4.98 Å². The van der Waals surface area contributed by atoms with Crippen LogP contribution >= 0.6 is 0 Å². The summed E-state index contributed by atoms with van der Waals surface area (Å²) >= 11 is 0. The van der Waals surface area contributed by atoms with Crippen LogP contribution < -0.4 is 11.2 Å². The first-order valence-corrected chi connectivity index (χ1v) is 8.82. The summed E-state index contributed by atoms with van der Waals surface area (Å²) in [6, 6.07) is 3.67. The van der Waals surface area contributed by atoms with Crippen molar-refractivity contribution in [2.45, 2.75) is 38.7 Å². The van der Waals surface area contributed by atoms with E-state index in [1.54, 1.807) is 0 Å². The molecule has 0 bridgehead atoms. The minimum atomic E-state index is -1.25. The van der Waals surface area contributed by atoms with Gasteiger partial charge in [0.2, 0.25) is 0 Å². The van der Waals surface area contributed by atoms with E-state index in [4.69, 9.17) is 9.47 Å². The fourth-order valence-electron chi connectivity index (χ4n) is 3.32. The third-order valence-electron chi connectivity index (χ3n) is 5.02. The Bertz CT molecular complexity index is 1120. The Morgan fingerprint density at radius 3 is 2.71 bits per heavy atom. The molecule has 0 aromatic heterocycles. The Morgan fingerprint density at radius 2 is 2.00 bits per heavy atom. The summed E-state index contributed by atoms with van der Waals surface area (Å²) in [4.78, 5) is 34.4. The maximum Gasteiger partial charge on any atom is 0.349 e. The molecule has 28 heavy (non-hydrogen) atoms. The predicted octanol–water partition coefficient (Wildman–Crippen LogP) is -0.704. The number of hydrogen-bond donors (Lipinski definition) is 3. The average Bonchev–Trinajstić information content (AvgIpc) is 3.18. The van der Waals surface area contributed by atoms with Gasteiger partial charge in [0.15, 0.2) is 11.5 Å². The Balaban J connectivity index is 1.89. The van der Waals surface area contributed by atoms with Crippen LogP contribution in [-0.4, -0.2) is 61.4 Å². The minimum Gasteiger partial charge on any atom is -0.388 e. The van der Waals surface area contributed by atoms with Gasteiger partial charge in [-0.15, -0.1) is 0 Å². The van der Waals surface area contributed by atoms with Gasteiger partial charge in [-0.1, -0.05) is 0 Å². The fourth-order valence-corrected chi connectivity index (χ4v) is 3.32. The molecule has 1 aromatic rings. The van der Waals surface area contributed by atoms with Crippen molar-refractivity contribution in [1.29, 1.82) is 0 Å². The molecule has 1 saturated heterocycles. The first kappa shape index (κ1) is 18.7. The highest BCUT2D eigenvalue weighted by atomic mass is 16.7. The number of hydrogen-bond acceptors (Lipinski definition) is 8. The van der Waals surface area contributed by atoms with Crippen LogP contribution in [0.4, 0.5) is 0 Å². The van der Waals surface area contributed by atoms with Gasteiger partial charge < -0.3 is 24.3 Å². The summed E-state index contributed by atoms with van der Waals surface area (Å²) in [7, 11) is 0. The number of H-pyrrole nitrogens is 1. The summed E-state index contributed by atoms with van der Waals surface area (Å²) in [5, 5.41) is 21.0. The molecular formula is C18H20N4O6. The van der Waals surface area contributed by atoms with Crippen molar-refractivity contribution < 1.29 is 19.7 Å². The van der Waals surface area contributed by atoms with Crippen molar-refractivity contribution in [2.24, 2.45) is 0 Å². The highest BCUT2D eigenvalue weighted by molar-refractivity contribution is 5.81. The summed E-state index contributed by atoms with van der Waals surface area (Å²) in [5.74, 6) is 0.0411. The standard InChI is InChI=1S/C18H20N4O6/c1-8-3-10-11(4-9(8)2)22(5-12(23)15(24)13-6-27-7-28-13)16-14(19-10)17(25)21-18(26)20-16/h3-4,12-13,15,23-24H,5-7H2,1-2H3,(H,21,25,26)/t12-,13+,15-/m0/s1. The SMILES string of the molecule is Cc1cc2nc3c(=O)[nH]c(=O)nc-3n(C[C@H](O)[C@H](O)[C@H]3COCO3)c2cc1C. The largest absolute Gasteiger partial charge is 0.388 e. The number of ether oxygens (including phenoxy) is 2. The number of nitrogens with zero attached hydrogens (tertiary/aromatic N) is 3. The van der Waals surface area contributed by atoms with Gasteiger partial charge >= 0.3 is 5.69 Å². The lowest BCUT2D eigenvalue weighted by Gasteiger charge is -2.25. The zero-order valence-electron chi connectivity index (χ0n) is 15.4. The molecule has 10 heteroatoms. The number of fused-ring (bicyclic) bond motifs is 2. The highest BCUT2D eigenvalue weighted by Gasteiger charge is 2.32. The zero-order chi connectivity index (χ0) is 20.0. The van der Waals surface area contributed by atoms with Gasteiger partial charge in [-0.05, 0) is 37.1 Å². The van der Waals surface area contributed by atoms with Gasteiger partial charge in [0.1, 0.15) is 25.1 Å². The van der Waals surface area contributed by atoms with Crippen molar-refractivity contribution in [3.8, 4) is 11.5 Å². The van der Waals surface area contributed by atoms with Crippen LogP contribution in [0, 0.1) is 13.8 Å². The molecule has 3 N–H and O–H groups in total. The van der Waals surface area contributed by atoms with E-state index in [1.807, 2.05) is 26.0 Å². The smallest absolute Gasteiger partial charge is 0.349 e. The monoisotopic (exact) mass is 388 g/mol. The number of aromatic amines is 1. The molecule has 3 heterocycles. The van der Waals surface area contributed by atoms with Crippen LogP contribution in [0.2, 0.25) is 0 Å². The van der Waals surface area contributed by atoms with Crippen molar-refractivity contribution in [3.63, 3.8) is 0 Å². The molecule has 4 rings (SSSR count). The second-order valence-corrected chi connectivity index (χ2v) is 6.94. The van der Waals surface area contributed by atoms with E-state index in [0.717, 1.165) is 11.1 Å². The summed E-state index contributed by atoms with van der Waals surface area (Å²) in [6.45, 7) is 3.95.